The fourth-order valence-electron chi connectivity index (χ4n) is 2.09. The lowest BCUT2D eigenvalue weighted by Gasteiger charge is -2.07. The molecule has 5 heteroatoms. The molecule has 0 fully saturated rings. The summed E-state index contributed by atoms with van der Waals surface area (Å²) in [6, 6.07) is 13.0. The van der Waals surface area contributed by atoms with Crippen molar-refractivity contribution >= 4 is 11.7 Å². The number of rotatable bonds is 7. The van der Waals surface area contributed by atoms with Crippen molar-refractivity contribution in [2.45, 2.75) is 19.4 Å². The fraction of sp³-hybridized carbons (Fsp3) is 0.222. The molecular weight excluding hydrogens is 297 g/mol. The number of methoxy groups -OCH3 is 1. The summed E-state index contributed by atoms with van der Waals surface area (Å²) in [4.78, 5) is 23.8. The quantitative estimate of drug-likeness (QED) is 0.799. The molecule has 120 valence electrons. The van der Waals surface area contributed by atoms with Crippen LogP contribution in [0.3, 0.4) is 0 Å². The highest BCUT2D eigenvalue weighted by atomic mass is 19.1. The first-order valence-electron chi connectivity index (χ1n) is 7.27. The molecule has 0 saturated heterocycles. The van der Waals surface area contributed by atoms with Gasteiger partial charge in [-0.05, 0) is 18.2 Å². The maximum atomic E-state index is 13.4. The van der Waals surface area contributed by atoms with Crippen molar-refractivity contribution in [1.29, 1.82) is 0 Å². The Bertz CT molecular complexity index is 700. The molecule has 0 aliphatic heterocycles. The minimum atomic E-state index is -0.361. The molecule has 0 unspecified atom stereocenters. The van der Waals surface area contributed by atoms with Crippen molar-refractivity contribution in [1.82, 2.24) is 5.32 Å². The molecule has 0 aliphatic carbocycles. The lowest BCUT2D eigenvalue weighted by molar-refractivity contribution is -0.121. The zero-order chi connectivity index (χ0) is 16.7. The van der Waals surface area contributed by atoms with Crippen molar-refractivity contribution in [2.24, 2.45) is 0 Å². The molecular formula is C18H18FNO3. The van der Waals surface area contributed by atoms with Gasteiger partial charge in [-0.2, -0.15) is 0 Å². The smallest absolute Gasteiger partial charge is 0.220 e. The Morgan fingerprint density at radius 3 is 2.61 bits per heavy atom. The number of hydrogen-bond donors (Lipinski definition) is 1. The summed E-state index contributed by atoms with van der Waals surface area (Å²) in [6.07, 6.45) is 0.154. The molecule has 1 N–H and O–H groups in total. The van der Waals surface area contributed by atoms with Gasteiger partial charge >= 0.3 is 0 Å². The van der Waals surface area contributed by atoms with Crippen molar-refractivity contribution in [3.05, 3.63) is 65.5 Å². The minimum Gasteiger partial charge on any atom is -0.497 e. The number of amides is 1. The van der Waals surface area contributed by atoms with Gasteiger partial charge in [0.15, 0.2) is 5.78 Å². The molecule has 2 aromatic rings. The Hall–Kier alpha value is -2.69. The Kier molecular flexibility index (Phi) is 5.86. The lowest BCUT2D eigenvalue weighted by atomic mass is 10.1. The molecule has 23 heavy (non-hydrogen) atoms. The lowest BCUT2D eigenvalue weighted by Crippen LogP contribution is -2.23. The molecule has 0 saturated carbocycles. The molecule has 0 spiro atoms. The summed E-state index contributed by atoms with van der Waals surface area (Å²) >= 11 is 0. The maximum Gasteiger partial charge on any atom is 0.220 e. The van der Waals surface area contributed by atoms with Crippen LogP contribution >= 0.6 is 0 Å². The van der Waals surface area contributed by atoms with Crippen LogP contribution < -0.4 is 10.1 Å². The van der Waals surface area contributed by atoms with E-state index in [-0.39, 0.29) is 36.9 Å². The molecule has 0 atom stereocenters. The van der Waals surface area contributed by atoms with Crippen LogP contribution in [0.4, 0.5) is 4.39 Å². The van der Waals surface area contributed by atoms with Crippen molar-refractivity contribution < 1.29 is 18.7 Å². The average molecular weight is 315 g/mol. The van der Waals surface area contributed by atoms with E-state index >= 15 is 0 Å². The number of carbonyl (C=O) groups excluding carboxylic acids is 2. The zero-order valence-corrected chi connectivity index (χ0v) is 12.8. The largest absolute Gasteiger partial charge is 0.497 e. The number of Topliss-reactive ketones (excluding diaryl/α,β-unsaturated/α-hetero) is 1. The van der Waals surface area contributed by atoms with Crippen molar-refractivity contribution in [3.63, 3.8) is 0 Å². The molecule has 2 rings (SSSR count). The monoisotopic (exact) mass is 315 g/mol. The number of ketones is 1. The number of hydrogen-bond acceptors (Lipinski definition) is 3. The summed E-state index contributed by atoms with van der Waals surface area (Å²) in [5.41, 5.74) is 0.922. The SMILES string of the molecule is COc1cccc(C(=O)CCC(=O)NCc2ccccc2F)c1. The molecule has 0 aromatic heterocycles. The highest BCUT2D eigenvalue weighted by Crippen LogP contribution is 2.14. The fourth-order valence-corrected chi connectivity index (χ4v) is 2.09. The van der Waals surface area contributed by atoms with E-state index < -0.39 is 0 Å². The first-order valence-corrected chi connectivity index (χ1v) is 7.27. The zero-order valence-electron chi connectivity index (χ0n) is 12.8. The van der Waals surface area contributed by atoms with Crippen LogP contribution in [-0.2, 0) is 11.3 Å². The van der Waals surface area contributed by atoms with Crippen LogP contribution in [0.15, 0.2) is 48.5 Å². The number of carbonyl (C=O) groups is 2. The van der Waals surface area contributed by atoms with Gasteiger partial charge in [-0.1, -0.05) is 30.3 Å². The van der Waals surface area contributed by atoms with Gasteiger partial charge in [0, 0.05) is 30.5 Å². The Balaban J connectivity index is 1.82. The second-order valence-corrected chi connectivity index (χ2v) is 5.02. The van der Waals surface area contributed by atoms with Gasteiger partial charge in [0.1, 0.15) is 11.6 Å². The second kappa shape index (κ2) is 8.08. The predicted molar refractivity (Wildman–Crippen MR) is 84.8 cm³/mol. The van der Waals surface area contributed by atoms with E-state index in [9.17, 15) is 14.0 Å². The van der Waals surface area contributed by atoms with Crippen LogP contribution in [0.25, 0.3) is 0 Å². The molecule has 1 amide bonds. The standard InChI is InChI=1S/C18H18FNO3/c1-23-15-7-4-6-13(11-15)17(21)9-10-18(22)20-12-14-5-2-3-8-16(14)19/h2-8,11H,9-10,12H2,1H3,(H,20,22). The minimum absolute atomic E-state index is 0.0600. The van der Waals surface area contributed by atoms with Gasteiger partial charge in [-0.25, -0.2) is 4.39 Å². The summed E-state index contributed by atoms with van der Waals surface area (Å²) < 4.78 is 18.5. The van der Waals surface area contributed by atoms with Gasteiger partial charge in [0.25, 0.3) is 0 Å². The first-order chi connectivity index (χ1) is 11.1. The van der Waals surface area contributed by atoms with E-state index in [2.05, 4.69) is 5.32 Å². The summed E-state index contributed by atoms with van der Waals surface area (Å²) in [7, 11) is 1.53. The second-order valence-electron chi connectivity index (χ2n) is 5.02. The molecule has 0 aliphatic rings. The Labute approximate surface area is 134 Å². The highest BCUT2D eigenvalue weighted by molar-refractivity contribution is 5.98. The van der Waals surface area contributed by atoms with Gasteiger partial charge in [-0.3, -0.25) is 9.59 Å². The summed E-state index contributed by atoms with van der Waals surface area (Å²) in [5, 5.41) is 2.61. The summed E-state index contributed by atoms with van der Waals surface area (Å²) in [5.74, 6) is -0.186. The molecule has 0 radical (unpaired) electrons. The summed E-state index contributed by atoms with van der Waals surface area (Å²) in [6.45, 7) is 0.110. The van der Waals surface area contributed by atoms with Crippen LogP contribution in [0, 0.1) is 5.82 Å². The Morgan fingerprint density at radius 2 is 1.87 bits per heavy atom. The number of ether oxygens (including phenoxy) is 1. The van der Waals surface area contributed by atoms with E-state index in [1.54, 1.807) is 42.5 Å². The predicted octanol–water partition coefficient (Wildman–Crippen LogP) is 3.11. The maximum absolute atomic E-state index is 13.4. The molecule has 4 nitrogen and oxygen atoms in total. The molecule has 2 aromatic carbocycles. The third-order valence-electron chi connectivity index (χ3n) is 3.40. The van der Waals surface area contributed by atoms with E-state index in [0.29, 0.717) is 16.9 Å². The number of nitrogens with one attached hydrogen (secondary N) is 1. The van der Waals surface area contributed by atoms with Gasteiger partial charge in [0.2, 0.25) is 5.91 Å². The highest BCUT2D eigenvalue weighted by Gasteiger charge is 2.10. The third kappa shape index (κ3) is 4.92. The topological polar surface area (TPSA) is 55.4 Å². The van der Waals surface area contributed by atoms with E-state index in [1.165, 1.54) is 13.2 Å². The van der Waals surface area contributed by atoms with Gasteiger partial charge in [-0.15, -0.1) is 0 Å². The van der Waals surface area contributed by atoms with Crippen LogP contribution in [0.5, 0.6) is 5.75 Å². The molecule has 0 heterocycles. The van der Waals surface area contributed by atoms with Gasteiger partial charge < -0.3 is 10.1 Å². The van der Waals surface area contributed by atoms with E-state index in [4.69, 9.17) is 4.74 Å². The van der Waals surface area contributed by atoms with E-state index in [0.717, 1.165) is 0 Å². The molecule has 0 bridgehead atoms. The van der Waals surface area contributed by atoms with Crippen molar-refractivity contribution in [2.75, 3.05) is 7.11 Å². The number of benzene rings is 2. The Morgan fingerprint density at radius 1 is 1.09 bits per heavy atom. The van der Waals surface area contributed by atoms with Gasteiger partial charge in [0.05, 0.1) is 7.11 Å². The third-order valence-corrected chi connectivity index (χ3v) is 3.40. The normalized spacial score (nSPS) is 10.2. The first kappa shape index (κ1) is 16.7. The van der Waals surface area contributed by atoms with Crippen molar-refractivity contribution in [3.8, 4) is 5.75 Å². The van der Waals surface area contributed by atoms with E-state index in [1.807, 2.05) is 0 Å². The van der Waals surface area contributed by atoms with Crippen LogP contribution in [-0.4, -0.2) is 18.8 Å². The number of halogens is 1. The van der Waals surface area contributed by atoms with Crippen LogP contribution in [0.2, 0.25) is 0 Å². The average Bonchev–Trinajstić information content (AvgIpc) is 2.59. The van der Waals surface area contributed by atoms with Crippen LogP contribution in [0.1, 0.15) is 28.8 Å².